The highest BCUT2D eigenvalue weighted by molar-refractivity contribution is 6.31. The lowest BCUT2D eigenvalue weighted by molar-refractivity contribution is -0.156. The van der Waals surface area contributed by atoms with Crippen molar-refractivity contribution in [2.75, 3.05) is 0 Å². The first kappa shape index (κ1) is 40.4. The van der Waals surface area contributed by atoms with Crippen LogP contribution in [0.5, 0.6) is 23.0 Å². The van der Waals surface area contributed by atoms with E-state index in [1.54, 1.807) is 24.3 Å². The number of phenols is 2. The van der Waals surface area contributed by atoms with Gasteiger partial charge in [-0.25, -0.2) is 9.59 Å². The summed E-state index contributed by atoms with van der Waals surface area (Å²) in [5, 5.41) is 22.5. The number of aryl methyl sites for hydroxylation is 3. The van der Waals surface area contributed by atoms with E-state index < -0.39 is 11.9 Å². The first-order valence-electron chi connectivity index (χ1n) is 18.8. The van der Waals surface area contributed by atoms with Crippen molar-refractivity contribution < 1.29 is 29.3 Å². The molecule has 0 saturated carbocycles. The zero-order valence-electron chi connectivity index (χ0n) is 31.6. The Kier molecular flexibility index (Phi) is 16.1. The maximum absolute atomic E-state index is 13.5. The van der Waals surface area contributed by atoms with Crippen molar-refractivity contribution >= 4 is 17.5 Å². The minimum absolute atomic E-state index is 0.0437. The van der Waals surface area contributed by atoms with Crippen molar-refractivity contribution in [2.45, 2.75) is 132 Å². The van der Waals surface area contributed by atoms with Crippen molar-refractivity contribution in [1.29, 1.82) is 0 Å². The van der Waals surface area contributed by atoms with Gasteiger partial charge in [0.25, 0.3) is 0 Å². The van der Waals surface area contributed by atoms with Gasteiger partial charge in [-0.05, 0) is 111 Å². The number of ether oxygens (including phenoxy) is 2. The Labute approximate surface area is 300 Å². The summed E-state index contributed by atoms with van der Waals surface area (Å²) in [5.74, 6) is -1.01. The van der Waals surface area contributed by atoms with E-state index in [2.05, 4.69) is 41.2 Å². The minimum atomic E-state index is -1.20. The van der Waals surface area contributed by atoms with E-state index in [0.717, 1.165) is 92.0 Å². The molecule has 3 aromatic carbocycles. The Morgan fingerprint density at radius 2 is 1.30 bits per heavy atom. The SMILES string of the molecule is C=C(C)c1ccc(C)cc1-c1c(O)cc(CCCCC)cc1OC(=O)C(=O)Oc1cc(CCCCC)cc(O)c1CC[C@H](C)CCCC(C)C. The number of benzene rings is 3. The van der Waals surface area contributed by atoms with Gasteiger partial charge in [0.15, 0.2) is 0 Å². The van der Waals surface area contributed by atoms with Crippen LogP contribution in [0.25, 0.3) is 16.7 Å². The molecule has 3 rings (SSSR count). The molecule has 6 heteroatoms. The van der Waals surface area contributed by atoms with Gasteiger partial charge in [-0.1, -0.05) is 115 Å². The molecule has 50 heavy (non-hydrogen) atoms. The van der Waals surface area contributed by atoms with Crippen LogP contribution in [0.1, 0.15) is 134 Å². The average molecular weight is 685 g/mol. The topological polar surface area (TPSA) is 93.1 Å². The fraction of sp³-hybridized carbons (Fsp3) is 0.500. The third-order valence-electron chi connectivity index (χ3n) is 9.37. The maximum Gasteiger partial charge on any atom is 0.423 e. The van der Waals surface area contributed by atoms with Crippen LogP contribution >= 0.6 is 0 Å². The molecule has 0 aliphatic heterocycles. The summed E-state index contributed by atoms with van der Waals surface area (Å²) in [6.07, 6.45) is 12.1. The van der Waals surface area contributed by atoms with E-state index in [-0.39, 0.29) is 23.0 Å². The summed E-state index contributed by atoms with van der Waals surface area (Å²) in [4.78, 5) is 27.0. The van der Waals surface area contributed by atoms with Crippen LogP contribution in [0.4, 0.5) is 0 Å². The van der Waals surface area contributed by atoms with Crippen LogP contribution in [0.2, 0.25) is 0 Å². The summed E-state index contributed by atoms with van der Waals surface area (Å²) < 4.78 is 11.6. The molecule has 0 bridgehead atoms. The first-order valence-corrected chi connectivity index (χ1v) is 18.8. The average Bonchev–Trinajstić information content (AvgIpc) is 3.04. The molecule has 272 valence electrons. The van der Waals surface area contributed by atoms with Gasteiger partial charge in [0.2, 0.25) is 0 Å². The lowest BCUT2D eigenvalue weighted by atomic mass is 9.91. The molecule has 2 N–H and O–H groups in total. The predicted molar refractivity (Wildman–Crippen MR) is 205 cm³/mol. The Balaban J connectivity index is 1.96. The van der Waals surface area contributed by atoms with Crippen molar-refractivity contribution in [2.24, 2.45) is 11.8 Å². The number of aromatic hydroxyl groups is 2. The molecular weight excluding hydrogens is 624 g/mol. The molecule has 0 radical (unpaired) electrons. The molecule has 0 spiro atoms. The van der Waals surface area contributed by atoms with Gasteiger partial charge in [-0.3, -0.25) is 0 Å². The largest absolute Gasteiger partial charge is 0.508 e. The van der Waals surface area contributed by atoms with E-state index in [0.29, 0.717) is 41.4 Å². The summed E-state index contributed by atoms with van der Waals surface area (Å²) in [5.41, 5.74) is 5.66. The minimum Gasteiger partial charge on any atom is -0.508 e. The number of unbranched alkanes of at least 4 members (excludes halogenated alkanes) is 4. The van der Waals surface area contributed by atoms with E-state index in [9.17, 15) is 19.8 Å². The van der Waals surface area contributed by atoms with E-state index in [1.807, 2.05) is 32.0 Å². The summed E-state index contributed by atoms with van der Waals surface area (Å²) in [6, 6.07) is 12.8. The van der Waals surface area contributed by atoms with Crippen molar-refractivity contribution in [3.63, 3.8) is 0 Å². The fourth-order valence-electron chi connectivity index (χ4n) is 6.41. The Morgan fingerprint density at radius 3 is 1.88 bits per heavy atom. The second-order valence-corrected chi connectivity index (χ2v) is 14.6. The Hall–Kier alpha value is -4.06. The van der Waals surface area contributed by atoms with Crippen LogP contribution in [-0.4, -0.2) is 22.2 Å². The number of rotatable bonds is 19. The van der Waals surface area contributed by atoms with Gasteiger partial charge in [0.1, 0.15) is 23.0 Å². The molecule has 0 aliphatic rings. The predicted octanol–water partition coefficient (Wildman–Crippen LogP) is 11.5. The van der Waals surface area contributed by atoms with Gasteiger partial charge in [-0.2, -0.15) is 0 Å². The third kappa shape index (κ3) is 12.1. The zero-order valence-corrected chi connectivity index (χ0v) is 31.6. The number of esters is 2. The molecular formula is C44H60O6. The molecule has 0 fully saturated rings. The maximum atomic E-state index is 13.5. The smallest absolute Gasteiger partial charge is 0.423 e. The van der Waals surface area contributed by atoms with Crippen LogP contribution in [0, 0.1) is 18.8 Å². The Bertz CT molecular complexity index is 1600. The Morgan fingerprint density at radius 1 is 0.720 bits per heavy atom. The molecule has 6 nitrogen and oxygen atoms in total. The van der Waals surface area contributed by atoms with Gasteiger partial charge in [0.05, 0.1) is 5.56 Å². The lowest BCUT2D eigenvalue weighted by Gasteiger charge is -2.18. The van der Waals surface area contributed by atoms with Crippen molar-refractivity contribution in [1.82, 2.24) is 0 Å². The first-order chi connectivity index (χ1) is 23.8. The second kappa shape index (κ2) is 20.0. The molecule has 0 heterocycles. The molecule has 1 atom stereocenters. The highest BCUT2D eigenvalue weighted by Gasteiger charge is 2.26. The molecule has 0 aromatic heterocycles. The number of carbonyl (C=O) groups excluding carboxylic acids is 2. The van der Waals surface area contributed by atoms with Gasteiger partial charge in [-0.15, -0.1) is 0 Å². The number of phenolic OH excluding ortho intramolecular Hbond substituents is 2. The number of allylic oxidation sites excluding steroid dienone is 1. The number of carbonyl (C=O) groups is 2. The van der Waals surface area contributed by atoms with Gasteiger partial charge < -0.3 is 19.7 Å². The molecule has 3 aromatic rings. The van der Waals surface area contributed by atoms with Crippen molar-refractivity contribution in [3.05, 3.63) is 76.9 Å². The fourth-order valence-corrected chi connectivity index (χ4v) is 6.41. The second-order valence-electron chi connectivity index (χ2n) is 14.6. The van der Waals surface area contributed by atoms with Crippen molar-refractivity contribution in [3.8, 4) is 34.1 Å². The molecule has 0 unspecified atom stereocenters. The molecule has 0 aliphatic carbocycles. The van der Waals surface area contributed by atoms with E-state index >= 15 is 0 Å². The van der Waals surface area contributed by atoms with Crippen LogP contribution in [0.15, 0.2) is 49.0 Å². The van der Waals surface area contributed by atoms with E-state index in [4.69, 9.17) is 9.47 Å². The summed E-state index contributed by atoms with van der Waals surface area (Å²) >= 11 is 0. The van der Waals surface area contributed by atoms with Crippen LogP contribution in [0.3, 0.4) is 0 Å². The summed E-state index contributed by atoms with van der Waals surface area (Å²) in [6.45, 7) is 18.9. The number of hydrogen-bond acceptors (Lipinski definition) is 6. The summed E-state index contributed by atoms with van der Waals surface area (Å²) in [7, 11) is 0. The van der Waals surface area contributed by atoms with Crippen LogP contribution < -0.4 is 9.47 Å². The monoisotopic (exact) mass is 684 g/mol. The van der Waals surface area contributed by atoms with E-state index in [1.165, 1.54) is 6.42 Å². The molecule has 0 saturated heterocycles. The molecule has 0 amide bonds. The third-order valence-corrected chi connectivity index (χ3v) is 9.37. The van der Waals surface area contributed by atoms with Gasteiger partial charge >= 0.3 is 11.9 Å². The van der Waals surface area contributed by atoms with Gasteiger partial charge in [0, 0.05) is 5.56 Å². The number of hydrogen-bond donors (Lipinski definition) is 2. The highest BCUT2D eigenvalue weighted by Crippen LogP contribution is 2.43. The quantitative estimate of drug-likeness (QED) is 0.0565. The van der Waals surface area contributed by atoms with Crippen LogP contribution in [-0.2, 0) is 28.9 Å². The zero-order chi connectivity index (χ0) is 36.8. The lowest BCUT2D eigenvalue weighted by Crippen LogP contribution is -2.26. The highest BCUT2D eigenvalue weighted by atomic mass is 16.6. The normalized spacial score (nSPS) is 11.8. The standard InChI is InChI=1S/C44H60O6/c1-9-11-13-18-33-25-38(45)36(23-20-31(7)17-15-16-29(3)4)40(27-33)49-43(47)44(48)50-41-28-34(19-14-12-10-2)26-39(46)42(41)37-24-32(8)21-22-35(37)30(5)6/h21-22,24-29,31,45-46H,5,9-20,23H2,1-4,6-8H3/t31-/m1/s1.